The Morgan fingerprint density at radius 1 is 1.47 bits per heavy atom. The minimum Gasteiger partial charge on any atom is -0.265 e. The van der Waals surface area contributed by atoms with Crippen LogP contribution in [0, 0.1) is 11.3 Å². The topological polar surface area (TPSA) is 91.5 Å². The lowest BCUT2D eigenvalue weighted by Crippen LogP contribution is -2.33. The van der Waals surface area contributed by atoms with Gasteiger partial charge in [0.15, 0.2) is 5.16 Å². The smallest absolute Gasteiger partial charge is 0.265 e. The van der Waals surface area contributed by atoms with Crippen LogP contribution >= 0.6 is 23.4 Å². The van der Waals surface area contributed by atoms with E-state index in [1.165, 1.54) is 10.7 Å². The molecule has 0 spiro atoms. The second-order valence-electron chi connectivity index (χ2n) is 3.56. The first-order valence-electron chi connectivity index (χ1n) is 5.06. The number of aromatic amines is 1. The van der Waals surface area contributed by atoms with Crippen molar-refractivity contribution in [1.82, 2.24) is 14.8 Å². The van der Waals surface area contributed by atoms with Gasteiger partial charge in [-0.05, 0) is 30.0 Å². The zero-order valence-electron chi connectivity index (χ0n) is 9.68. The van der Waals surface area contributed by atoms with Gasteiger partial charge in [-0.25, -0.2) is 0 Å². The summed E-state index contributed by atoms with van der Waals surface area (Å²) in [5.41, 5.74) is -1.19. The molecule has 6 nitrogen and oxygen atoms in total. The fraction of sp³-hybridized carbons (Fsp3) is 0.0909. The number of nitrogens with one attached hydrogen (secondary N) is 1. The summed E-state index contributed by atoms with van der Waals surface area (Å²) in [7, 11) is 1.56. The average Bonchev–Trinajstić information content (AvgIpc) is 2.38. The monoisotopic (exact) mass is 294 g/mol. The molecule has 19 heavy (non-hydrogen) atoms. The third kappa shape index (κ3) is 2.86. The van der Waals surface area contributed by atoms with Crippen molar-refractivity contribution in [2.24, 2.45) is 7.05 Å². The SMILES string of the molecule is Cn1[nH]c(=O)c(=O)nc1Sc1ccc(C#N)cc1Cl. The Kier molecular flexibility index (Phi) is 3.74. The zero-order chi connectivity index (χ0) is 14.0. The fourth-order valence-electron chi connectivity index (χ4n) is 1.30. The zero-order valence-corrected chi connectivity index (χ0v) is 11.2. The predicted molar refractivity (Wildman–Crippen MR) is 70.4 cm³/mol. The van der Waals surface area contributed by atoms with Crippen molar-refractivity contribution in [2.45, 2.75) is 10.1 Å². The van der Waals surface area contributed by atoms with Crippen LogP contribution in [-0.2, 0) is 7.05 Å². The summed E-state index contributed by atoms with van der Waals surface area (Å²) in [6, 6.07) is 6.76. The van der Waals surface area contributed by atoms with Gasteiger partial charge < -0.3 is 0 Å². The molecule has 0 saturated heterocycles. The van der Waals surface area contributed by atoms with Gasteiger partial charge in [0.05, 0.1) is 16.7 Å². The number of halogens is 1. The Morgan fingerprint density at radius 2 is 2.21 bits per heavy atom. The second kappa shape index (κ2) is 5.30. The van der Waals surface area contributed by atoms with Gasteiger partial charge in [-0.15, -0.1) is 0 Å². The Morgan fingerprint density at radius 3 is 2.84 bits per heavy atom. The van der Waals surface area contributed by atoms with Crippen LogP contribution in [0.5, 0.6) is 0 Å². The summed E-state index contributed by atoms with van der Waals surface area (Å²) in [5, 5.41) is 11.8. The molecule has 96 valence electrons. The molecule has 1 N–H and O–H groups in total. The molecule has 2 aromatic rings. The van der Waals surface area contributed by atoms with Crippen molar-refractivity contribution in [1.29, 1.82) is 5.26 Å². The van der Waals surface area contributed by atoms with E-state index in [0.717, 1.165) is 11.8 Å². The van der Waals surface area contributed by atoms with Gasteiger partial charge in [-0.3, -0.25) is 19.4 Å². The number of benzene rings is 1. The highest BCUT2D eigenvalue weighted by Crippen LogP contribution is 2.31. The highest BCUT2D eigenvalue weighted by atomic mass is 35.5. The van der Waals surface area contributed by atoms with Crippen LogP contribution in [0.3, 0.4) is 0 Å². The van der Waals surface area contributed by atoms with Crippen molar-refractivity contribution >= 4 is 23.4 Å². The van der Waals surface area contributed by atoms with Crippen LogP contribution in [0.25, 0.3) is 0 Å². The molecule has 0 aliphatic heterocycles. The number of hydrogen-bond acceptors (Lipinski definition) is 5. The van der Waals surface area contributed by atoms with Crippen LogP contribution in [0.15, 0.2) is 37.8 Å². The van der Waals surface area contributed by atoms with Gasteiger partial charge in [0, 0.05) is 11.9 Å². The van der Waals surface area contributed by atoms with Crippen molar-refractivity contribution in [3.63, 3.8) is 0 Å². The van der Waals surface area contributed by atoms with E-state index in [0.29, 0.717) is 20.6 Å². The lowest BCUT2D eigenvalue weighted by Gasteiger charge is -2.07. The molecule has 0 radical (unpaired) electrons. The summed E-state index contributed by atoms with van der Waals surface area (Å²) in [6.07, 6.45) is 0. The molecular formula is C11H7ClN4O2S. The second-order valence-corrected chi connectivity index (χ2v) is 4.97. The highest BCUT2D eigenvalue weighted by Gasteiger charge is 2.09. The van der Waals surface area contributed by atoms with Gasteiger partial charge in [-0.1, -0.05) is 11.6 Å². The van der Waals surface area contributed by atoms with Crippen molar-refractivity contribution in [2.75, 3.05) is 0 Å². The van der Waals surface area contributed by atoms with Crippen LogP contribution in [0.4, 0.5) is 0 Å². The molecule has 0 atom stereocenters. The van der Waals surface area contributed by atoms with E-state index in [9.17, 15) is 9.59 Å². The lowest BCUT2D eigenvalue weighted by molar-refractivity contribution is 0.596. The minimum atomic E-state index is -0.856. The maximum atomic E-state index is 11.2. The van der Waals surface area contributed by atoms with Crippen LogP contribution < -0.4 is 11.1 Å². The summed E-state index contributed by atoms with van der Waals surface area (Å²) < 4.78 is 1.34. The molecule has 0 bridgehead atoms. The molecule has 8 heteroatoms. The number of nitrogens with zero attached hydrogens (tertiary/aromatic N) is 3. The normalized spacial score (nSPS) is 10.2. The maximum absolute atomic E-state index is 11.2. The predicted octanol–water partition coefficient (Wildman–Crippen LogP) is 1.14. The molecular weight excluding hydrogens is 288 g/mol. The highest BCUT2D eigenvalue weighted by molar-refractivity contribution is 7.99. The summed E-state index contributed by atoms with van der Waals surface area (Å²) in [4.78, 5) is 26.6. The maximum Gasteiger partial charge on any atom is 0.339 e. The quantitative estimate of drug-likeness (QED) is 0.839. The Hall–Kier alpha value is -2.04. The number of hydrogen-bond donors (Lipinski definition) is 1. The van der Waals surface area contributed by atoms with E-state index in [1.54, 1.807) is 19.2 Å². The molecule has 0 aliphatic carbocycles. The van der Waals surface area contributed by atoms with Crippen LogP contribution in [0.1, 0.15) is 5.56 Å². The van der Waals surface area contributed by atoms with Gasteiger partial charge in [0.1, 0.15) is 0 Å². The molecule has 1 aromatic carbocycles. The minimum absolute atomic E-state index is 0.302. The van der Waals surface area contributed by atoms with Gasteiger partial charge in [-0.2, -0.15) is 10.2 Å². The van der Waals surface area contributed by atoms with Crippen molar-refractivity contribution < 1.29 is 0 Å². The van der Waals surface area contributed by atoms with Crippen LogP contribution in [-0.4, -0.2) is 14.8 Å². The first-order chi connectivity index (χ1) is 9.01. The fourth-order valence-corrected chi connectivity index (χ4v) is 2.40. The van der Waals surface area contributed by atoms with E-state index in [4.69, 9.17) is 16.9 Å². The van der Waals surface area contributed by atoms with E-state index < -0.39 is 11.1 Å². The number of nitriles is 1. The third-order valence-corrected chi connectivity index (χ3v) is 3.76. The third-order valence-electron chi connectivity index (χ3n) is 2.21. The van der Waals surface area contributed by atoms with E-state index in [-0.39, 0.29) is 0 Å². The molecule has 1 heterocycles. The summed E-state index contributed by atoms with van der Waals surface area (Å²) in [6.45, 7) is 0. The number of rotatable bonds is 2. The van der Waals surface area contributed by atoms with Crippen LogP contribution in [0.2, 0.25) is 5.02 Å². The first-order valence-corrected chi connectivity index (χ1v) is 6.25. The molecule has 0 unspecified atom stereocenters. The summed E-state index contributed by atoms with van der Waals surface area (Å²) in [5.74, 6) is 0. The Labute approximate surface area is 116 Å². The van der Waals surface area contributed by atoms with Crippen molar-refractivity contribution in [3.8, 4) is 6.07 Å². The van der Waals surface area contributed by atoms with Crippen molar-refractivity contribution in [3.05, 3.63) is 49.5 Å². The number of H-pyrrole nitrogens is 1. The number of aryl methyl sites for hydroxylation is 1. The van der Waals surface area contributed by atoms with Gasteiger partial charge in [0.2, 0.25) is 0 Å². The van der Waals surface area contributed by atoms with E-state index in [2.05, 4.69) is 10.1 Å². The van der Waals surface area contributed by atoms with Gasteiger partial charge >= 0.3 is 11.1 Å². The lowest BCUT2D eigenvalue weighted by atomic mass is 10.2. The average molecular weight is 295 g/mol. The molecule has 0 amide bonds. The van der Waals surface area contributed by atoms with Gasteiger partial charge in [0.25, 0.3) is 0 Å². The Bertz CT molecular complexity index is 791. The standard InChI is InChI=1S/C11H7ClN4O2S/c1-16-11(14-9(17)10(18)15-16)19-8-3-2-6(5-13)4-7(8)12/h2-4H,1H3,(H,15,18). The van der Waals surface area contributed by atoms with E-state index >= 15 is 0 Å². The Balaban J connectivity index is 2.42. The number of aromatic nitrogens is 3. The molecule has 1 aromatic heterocycles. The molecule has 0 fully saturated rings. The largest absolute Gasteiger partial charge is 0.339 e. The summed E-state index contributed by atoms with van der Waals surface area (Å²) >= 11 is 7.15. The molecule has 2 rings (SSSR count). The molecule has 0 aliphatic rings. The first kappa shape index (κ1) is 13.4. The van der Waals surface area contributed by atoms with E-state index in [1.807, 2.05) is 6.07 Å². The molecule has 0 saturated carbocycles.